The Labute approximate surface area is 184 Å². The molecule has 30 heavy (non-hydrogen) atoms. The molecule has 0 amide bonds. The van der Waals surface area contributed by atoms with Crippen molar-refractivity contribution in [3.05, 3.63) is 34.4 Å². The van der Waals surface area contributed by atoms with Crippen LogP contribution in [0.4, 0.5) is 0 Å². The van der Waals surface area contributed by atoms with E-state index < -0.39 is 0 Å². The number of carbonyl (C=O) groups excluding carboxylic acids is 1. The second-order valence-electron chi connectivity index (χ2n) is 9.24. The zero-order chi connectivity index (χ0) is 22.1. The Hall–Kier alpha value is -1.77. The highest BCUT2D eigenvalue weighted by atomic mass is 16.5. The molecule has 0 aromatic heterocycles. The summed E-state index contributed by atoms with van der Waals surface area (Å²) in [6.45, 7) is 12.1. The molecular weight excluding hydrogens is 372 g/mol. The van der Waals surface area contributed by atoms with Crippen LogP contribution in [0, 0.1) is 20.8 Å². The van der Waals surface area contributed by atoms with Gasteiger partial charge in [0, 0.05) is 18.9 Å². The summed E-state index contributed by atoms with van der Waals surface area (Å²) < 4.78 is 12.1. The SMILES string of the molecule is CCCCCCCCCC=CC[C@]1(C)CCc2c(C)c(OC(C)=O)c(C)c(C)c2O1. The molecule has 1 heterocycles. The van der Waals surface area contributed by atoms with E-state index in [1.807, 2.05) is 13.8 Å². The van der Waals surface area contributed by atoms with Crippen LogP contribution in [0.25, 0.3) is 0 Å². The Kier molecular flexibility index (Phi) is 9.45. The van der Waals surface area contributed by atoms with E-state index in [0.29, 0.717) is 5.75 Å². The molecule has 1 atom stereocenters. The number of rotatable bonds is 11. The zero-order valence-electron chi connectivity index (χ0n) is 20.2. The third kappa shape index (κ3) is 6.62. The average molecular weight is 415 g/mol. The van der Waals surface area contributed by atoms with Crippen LogP contribution in [0.1, 0.15) is 107 Å². The maximum Gasteiger partial charge on any atom is 0.308 e. The van der Waals surface area contributed by atoms with Crippen molar-refractivity contribution >= 4 is 5.97 Å². The summed E-state index contributed by atoms with van der Waals surface area (Å²) >= 11 is 0. The second-order valence-corrected chi connectivity index (χ2v) is 9.24. The van der Waals surface area contributed by atoms with Crippen molar-refractivity contribution in [2.24, 2.45) is 0 Å². The first-order valence-corrected chi connectivity index (χ1v) is 11.9. The van der Waals surface area contributed by atoms with Gasteiger partial charge in [0.15, 0.2) is 0 Å². The van der Waals surface area contributed by atoms with Gasteiger partial charge in [-0.05, 0) is 70.1 Å². The molecule has 0 aliphatic carbocycles. The number of carbonyl (C=O) groups is 1. The number of allylic oxidation sites excluding steroid dienone is 1. The van der Waals surface area contributed by atoms with Crippen LogP contribution in [0.3, 0.4) is 0 Å². The lowest BCUT2D eigenvalue weighted by atomic mass is 9.85. The molecule has 0 bridgehead atoms. The predicted molar refractivity (Wildman–Crippen MR) is 126 cm³/mol. The minimum atomic E-state index is -0.270. The van der Waals surface area contributed by atoms with E-state index >= 15 is 0 Å². The third-order valence-corrected chi connectivity index (χ3v) is 6.50. The van der Waals surface area contributed by atoms with Crippen molar-refractivity contribution in [1.82, 2.24) is 0 Å². The number of ether oxygens (including phenoxy) is 2. The van der Waals surface area contributed by atoms with E-state index in [4.69, 9.17) is 9.47 Å². The van der Waals surface area contributed by atoms with Crippen molar-refractivity contribution in [1.29, 1.82) is 0 Å². The smallest absolute Gasteiger partial charge is 0.308 e. The maximum absolute atomic E-state index is 11.5. The van der Waals surface area contributed by atoms with Gasteiger partial charge < -0.3 is 9.47 Å². The van der Waals surface area contributed by atoms with E-state index in [0.717, 1.165) is 41.7 Å². The van der Waals surface area contributed by atoms with Gasteiger partial charge in [0.2, 0.25) is 0 Å². The Balaban J connectivity index is 1.91. The van der Waals surface area contributed by atoms with Crippen molar-refractivity contribution in [3.63, 3.8) is 0 Å². The molecule has 2 rings (SSSR count). The van der Waals surface area contributed by atoms with E-state index in [1.165, 1.54) is 63.9 Å². The molecule has 3 heteroatoms. The third-order valence-electron chi connectivity index (χ3n) is 6.50. The van der Waals surface area contributed by atoms with Crippen LogP contribution in [-0.4, -0.2) is 11.6 Å². The minimum absolute atomic E-state index is 0.170. The molecule has 168 valence electrons. The maximum atomic E-state index is 11.5. The zero-order valence-corrected chi connectivity index (χ0v) is 20.2. The Bertz CT molecular complexity index is 747. The van der Waals surface area contributed by atoms with Gasteiger partial charge in [0.05, 0.1) is 0 Å². The van der Waals surface area contributed by atoms with Gasteiger partial charge in [-0.15, -0.1) is 0 Å². The molecule has 0 unspecified atom stereocenters. The standard InChI is InChI=1S/C27H42O3/c1-7-8-9-10-11-12-13-14-15-16-18-27(6)19-17-24-22(4)25(29-23(5)28)20(2)21(3)26(24)30-27/h15-16H,7-14,17-19H2,1-6H3/t27-/m1/s1. The largest absolute Gasteiger partial charge is 0.487 e. The molecule has 3 nitrogen and oxygen atoms in total. The van der Waals surface area contributed by atoms with Gasteiger partial charge in [0.1, 0.15) is 17.1 Å². The van der Waals surface area contributed by atoms with Gasteiger partial charge >= 0.3 is 5.97 Å². The quantitative estimate of drug-likeness (QED) is 0.161. The van der Waals surface area contributed by atoms with Gasteiger partial charge in [-0.1, -0.05) is 57.6 Å². The van der Waals surface area contributed by atoms with E-state index in [2.05, 4.69) is 32.9 Å². The lowest BCUT2D eigenvalue weighted by Crippen LogP contribution is -2.36. The molecule has 0 saturated carbocycles. The molecule has 0 N–H and O–H groups in total. The summed E-state index contributed by atoms with van der Waals surface area (Å²) in [6, 6.07) is 0. The first kappa shape index (κ1) is 24.5. The predicted octanol–water partition coefficient (Wildman–Crippen LogP) is 7.71. The lowest BCUT2D eigenvalue weighted by molar-refractivity contribution is -0.132. The van der Waals surface area contributed by atoms with Crippen LogP contribution in [0.15, 0.2) is 12.2 Å². The van der Waals surface area contributed by atoms with E-state index in [1.54, 1.807) is 0 Å². The molecule has 0 fully saturated rings. The summed E-state index contributed by atoms with van der Waals surface area (Å²) in [4.78, 5) is 11.5. The van der Waals surface area contributed by atoms with Gasteiger partial charge in [-0.25, -0.2) is 0 Å². The van der Waals surface area contributed by atoms with Gasteiger partial charge in [0.25, 0.3) is 0 Å². The summed E-state index contributed by atoms with van der Waals surface area (Å²) in [5.41, 5.74) is 4.15. The Morgan fingerprint density at radius 2 is 1.67 bits per heavy atom. The molecule has 0 saturated heterocycles. The summed E-state index contributed by atoms with van der Waals surface area (Å²) in [6.07, 6.45) is 18.2. The highest BCUT2D eigenvalue weighted by Gasteiger charge is 2.34. The summed E-state index contributed by atoms with van der Waals surface area (Å²) in [5, 5.41) is 0. The topological polar surface area (TPSA) is 35.5 Å². The molecule has 1 aromatic carbocycles. The fourth-order valence-corrected chi connectivity index (χ4v) is 4.39. The highest BCUT2D eigenvalue weighted by Crippen LogP contribution is 2.44. The Morgan fingerprint density at radius 1 is 1.00 bits per heavy atom. The number of hydrogen-bond acceptors (Lipinski definition) is 3. The van der Waals surface area contributed by atoms with Gasteiger partial charge in [-0.3, -0.25) is 4.79 Å². The summed E-state index contributed by atoms with van der Waals surface area (Å²) in [7, 11) is 0. The lowest BCUT2D eigenvalue weighted by Gasteiger charge is -2.37. The van der Waals surface area contributed by atoms with Gasteiger partial charge in [-0.2, -0.15) is 0 Å². The fourth-order valence-electron chi connectivity index (χ4n) is 4.39. The number of fused-ring (bicyclic) bond motifs is 1. The number of benzene rings is 1. The van der Waals surface area contributed by atoms with Crippen molar-refractivity contribution < 1.29 is 14.3 Å². The number of unbranched alkanes of at least 4 members (excludes halogenated alkanes) is 7. The molecule has 1 aromatic rings. The van der Waals surface area contributed by atoms with E-state index in [9.17, 15) is 4.79 Å². The molecule has 0 spiro atoms. The van der Waals surface area contributed by atoms with Crippen LogP contribution in [-0.2, 0) is 11.2 Å². The molecular formula is C27H42O3. The average Bonchev–Trinajstić information content (AvgIpc) is 2.70. The van der Waals surface area contributed by atoms with Crippen molar-refractivity contribution in [3.8, 4) is 11.5 Å². The van der Waals surface area contributed by atoms with E-state index in [-0.39, 0.29) is 11.6 Å². The van der Waals surface area contributed by atoms with Crippen molar-refractivity contribution in [2.75, 3.05) is 0 Å². The molecule has 1 aliphatic heterocycles. The second kappa shape index (κ2) is 11.6. The fraction of sp³-hybridized carbons (Fsp3) is 0.667. The van der Waals surface area contributed by atoms with Crippen LogP contribution < -0.4 is 9.47 Å². The molecule has 1 aliphatic rings. The van der Waals surface area contributed by atoms with Crippen molar-refractivity contribution in [2.45, 2.75) is 118 Å². The molecule has 0 radical (unpaired) electrons. The van der Waals surface area contributed by atoms with Crippen LogP contribution in [0.2, 0.25) is 0 Å². The monoisotopic (exact) mass is 414 g/mol. The summed E-state index contributed by atoms with van der Waals surface area (Å²) in [5.74, 6) is 1.43. The Morgan fingerprint density at radius 3 is 2.33 bits per heavy atom. The first-order valence-electron chi connectivity index (χ1n) is 11.9. The van der Waals surface area contributed by atoms with Crippen LogP contribution in [0.5, 0.6) is 11.5 Å². The number of esters is 1. The first-order chi connectivity index (χ1) is 14.3. The highest BCUT2D eigenvalue weighted by molar-refractivity contribution is 5.72. The number of hydrogen-bond donors (Lipinski definition) is 0. The van der Waals surface area contributed by atoms with Crippen LogP contribution >= 0.6 is 0 Å². The minimum Gasteiger partial charge on any atom is -0.487 e. The normalized spacial score (nSPS) is 18.3.